The number of unbranched alkanes of at least 4 members (excludes halogenated alkanes) is 2. The summed E-state index contributed by atoms with van der Waals surface area (Å²) >= 11 is 0. The van der Waals surface area contributed by atoms with Gasteiger partial charge in [-0.05, 0) is 48.9 Å². The predicted octanol–water partition coefficient (Wildman–Crippen LogP) is 5.43. The molecule has 0 bridgehead atoms. The van der Waals surface area contributed by atoms with Crippen LogP contribution in [0.5, 0.6) is 0 Å². The van der Waals surface area contributed by atoms with Crippen molar-refractivity contribution in [1.82, 2.24) is 4.98 Å². The predicted molar refractivity (Wildman–Crippen MR) is 86.9 cm³/mol. The fourth-order valence-corrected chi connectivity index (χ4v) is 2.64. The van der Waals surface area contributed by atoms with E-state index in [2.05, 4.69) is 49.2 Å². The van der Waals surface area contributed by atoms with E-state index in [1.54, 1.807) is 0 Å². The molecule has 0 saturated carbocycles. The Bertz CT molecular complexity index is 490. The Balaban J connectivity index is 2.41. The molecule has 1 heteroatoms. The molecule has 1 nitrogen and oxygen atoms in total. The molecule has 1 heterocycles. The average Bonchev–Trinajstić information content (AvgIpc) is 2.51. The van der Waals surface area contributed by atoms with Crippen molar-refractivity contribution in [1.29, 1.82) is 0 Å². The molecule has 0 unspecified atom stereocenters. The lowest BCUT2D eigenvalue weighted by Gasteiger charge is -2.14. The number of aromatic nitrogens is 1. The summed E-state index contributed by atoms with van der Waals surface area (Å²) in [6.07, 6.45) is 9.18. The van der Waals surface area contributed by atoms with Crippen molar-refractivity contribution in [2.75, 3.05) is 0 Å². The van der Waals surface area contributed by atoms with E-state index in [4.69, 9.17) is 0 Å². The van der Waals surface area contributed by atoms with Gasteiger partial charge in [0.2, 0.25) is 0 Å². The van der Waals surface area contributed by atoms with E-state index in [9.17, 15) is 0 Å². The molecule has 2 rings (SSSR count). The topological polar surface area (TPSA) is 12.9 Å². The molecule has 0 radical (unpaired) electrons. The molecule has 106 valence electrons. The van der Waals surface area contributed by atoms with Crippen LogP contribution in [0.3, 0.4) is 0 Å². The number of benzene rings is 1. The molecule has 2 aromatic rings. The first kappa shape index (κ1) is 14.8. The maximum Gasteiger partial charge on any atom is 0.0707 e. The van der Waals surface area contributed by atoms with Gasteiger partial charge in [-0.1, -0.05) is 51.0 Å². The summed E-state index contributed by atoms with van der Waals surface area (Å²) in [7, 11) is 0. The highest BCUT2D eigenvalue weighted by Crippen LogP contribution is 2.28. The van der Waals surface area contributed by atoms with Gasteiger partial charge in [0.05, 0.1) is 5.69 Å². The normalized spacial score (nSPS) is 10.7. The Morgan fingerprint density at radius 3 is 1.95 bits per heavy atom. The SMILES string of the molecule is CCCCc1cccc(CCCC)c1-c1ccccn1. The van der Waals surface area contributed by atoms with Crippen molar-refractivity contribution in [2.45, 2.75) is 52.4 Å². The fourth-order valence-electron chi connectivity index (χ4n) is 2.64. The maximum atomic E-state index is 4.59. The number of hydrogen-bond donors (Lipinski definition) is 0. The third-order valence-corrected chi connectivity index (χ3v) is 3.76. The third kappa shape index (κ3) is 3.69. The molecule has 0 atom stereocenters. The minimum atomic E-state index is 1.13. The van der Waals surface area contributed by atoms with Crippen molar-refractivity contribution in [2.24, 2.45) is 0 Å². The minimum absolute atomic E-state index is 1.13. The van der Waals surface area contributed by atoms with E-state index in [1.165, 1.54) is 42.4 Å². The van der Waals surface area contributed by atoms with Crippen LogP contribution in [0.15, 0.2) is 42.6 Å². The molecule has 0 N–H and O–H groups in total. The van der Waals surface area contributed by atoms with Crippen LogP contribution in [0, 0.1) is 0 Å². The molecular formula is C19H25N. The van der Waals surface area contributed by atoms with Gasteiger partial charge in [0.25, 0.3) is 0 Å². The third-order valence-electron chi connectivity index (χ3n) is 3.76. The first-order chi connectivity index (χ1) is 9.86. The second-order valence-corrected chi connectivity index (χ2v) is 5.37. The van der Waals surface area contributed by atoms with E-state index in [-0.39, 0.29) is 0 Å². The van der Waals surface area contributed by atoms with Crippen LogP contribution in [0.1, 0.15) is 50.7 Å². The lowest BCUT2D eigenvalue weighted by atomic mass is 9.92. The first-order valence-corrected chi connectivity index (χ1v) is 7.89. The zero-order valence-corrected chi connectivity index (χ0v) is 12.7. The molecule has 0 saturated heterocycles. The van der Waals surface area contributed by atoms with Gasteiger partial charge in [-0.2, -0.15) is 0 Å². The zero-order chi connectivity index (χ0) is 14.2. The Morgan fingerprint density at radius 2 is 1.45 bits per heavy atom. The Kier molecular flexibility index (Phi) is 5.79. The van der Waals surface area contributed by atoms with Crippen molar-refractivity contribution in [3.05, 3.63) is 53.7 Å². The van der Waals surface area contributed by atoms with Gasteiger partial charge in [-0.25, -0.2) is 0 Å². The Labute approximate surface area is 123 Å². The molecule has 0 aliphatic heterocycles. The largest absolute Gasteiger partial charge is 0.256 e. The summed E-state index contributed by atoms with van der Waals surface area (Å²) in [6, 6.07) is 13.0. The second-order valence-electron chi connectivity index (χ2n) is 5.37. The summed E-state index contributed by atoms with van der Waals surface area (Å²) in [6.45, 7) is 4.50. The van der Waals surface area contributed by atoms with E-state index in [0.717, 1.165) is 18.5 Å². The Hall–Kier alpha value is -1.63. The van der Waals surface area contributed by atoms with Crippen LogP contribution >= 0.6 is 0 Å². The van der Waals surface area contributed by atoms with Crippen molar-refractivity contribution >= 4 is 0 Å². The molecule has 1 aromatic carbocycles. The number of hydrogen-bond acceptors (Lipinski definition) is 1. The Morgan fingerprint density at radius 1 is 0.800 bits per heavy atom. The molecule has 0 aliphatic carbocycles. The highest BCUT2D eigenvalue weighted by Gasteiger charge is 2.11. The van der Waals surface area contributed by atoms with Gasteiger partial charge in [0.15, 0.2) is 0 Å². The van der Waals surface area contributed by atoms with E-state index < -0.39 is 0 Å². The molecule has 0 aliphatic rings. The lowest BCUT2D eigenvalue weighted by molar-refractivity contribution is 0.782. The van der Waals surface area contributed by atoms with E-state index >= 15 is 0 Å². The smallest absolute Gasteiger partial charge is 0.0707 e. The van der Waals surface area contributed by atoms with E-state index in [1.807, 2.05) is 12.3 Å². The van der Waals surface area contributed by atoms with Crippen LogP contribution in [-0.4, -0.2) is 4.98 Å². The van der Waals surface area contributed by atoms with Crippen LogP contribution in [0.25, 0.3) is 11.3 Å². The number of aryl methyl sites for hydroxylation is 2. The fraction of sp³-hybridized carbons (Fsp3) is 0.421. The summed E-state index contributed by atoms with van der Waals surface area (Å²) in [5, 5.41) is 0. The van der Waals surface area contributed by atoms with Gasteiger partial charge in [0, 0.05) is 11.8 Å². The van der Waals surface area contributed by atoms with E-state index in [0.29, 0.717) is 0 Å². The summed E-state index contributed by atoms with van der Waals surface area (Å²) in [5.41, 5.74) is 5.43. The van der Waals surface area contributed by atoms with Crippen LogP contribution in [0.2, 0.25) is 0 Å². The molecule has 0 amide bonds. The standard InChI is InChI=1S/C19H25N/c1-3-5-10-16-12-9-13-17(11-6-4-2)19(16)18-14-7-8-15-20-18/h7-9,12-15H,3-6,10-11H2,1-2H3. The molecule has 20 heavy (non-hydrogen) atoms. The summed E-state index contributed by atoms with van der Waals surface area (Å²) in [4.78, 5) is 4.59. The monoisotopic (exact) mass is 267 g/mol. The minimum Gasteiger partial charge on any atom is -0.256 e. The highest BCUT2D eigenvalue weighted by molar-refractivity contribution is 5.68. The van der Waals surface area contributed by atoms with Crippen molar-refractivity contribution < 1.29 is 0 Å². The maximum absolute atomic E-state index is 4.59. The van der Waals surface area contributed by atoms with Crippen molar-refractivity contribution in [3.63, 3.8) is 0 Å². The number of nitrogens with zero attached hydrogens (tertiary/aromatic N) is 1. The quantitative estimate of drug-likeness (QED) is 0.651. The van der Waals surface area contributed by atoms with Gasteiger partial charge in [-0.3, -0.25) is 4.98 Å². The van der Waals surface area contributed by atoms with Crippen LogP contribution in [-0.2, 0) is 12.8 Å². The first-order valence-electron chi connectivity index (χ1n) is 7.89. The zero-order valence-electron chi connectivity index (χ0n) is 12.7. The number of pyridine rings is 1. The van der Waals surface area contributed by atoms with Gasteiger partial charge in [-0.15, -0.1) is 0 Å². The summed E-state index contributed by atoms with van der Waals surface area (Å²) in [5.74, 6) is 0. The average molecular weight is 267 g/mol. The van der Waals surface area contributed by atoms with Crippen molar-refractivity contribution in [3.8, 4) is 11.3 Å². The van der Waals surface area contributed by atoms with Crippen LogP contribution < -0.4 is 0 Å². The summed E-state index contributed by atoms with van der Waals surface area (Å²) < 4.78 is 0. The lowest BCUT2D eigenvalue weighted by Crippen LogP contribution is -1.98. The molecular weight excluding hydrogens is 242 g/mol. The molecule has 1 aromatic heterocycles. The van der Waals surface area contributed by atoms with Gasteiger partial charge in [0.1, 0.15) is 0 Å². The second kappa shape index (κ2) is 7.84. The molecule has 0 fully saturated rings. The highest BCUT2D eigenvalue weighted by atomic mass is 14.7. The van der Waals surface area contributed by atoms with Gasteiger partial charge < -0.3 is 0 Å². The van der Waals surface area contributed by atoms with Gasteiger partial charge >= 0.3 is 0 Å². The molecule has 0 spiro atoms. The number of rotatable bonds is 7. The van der Waals surface area contributed by atoms with Crippen LogP contribution in [0.4, 0.5) is 0 Å².